The van der Waals surface area contributed by atoms with Gasteiger partial charge in [-0.1, -0.05) is 13.8 Å². The van der Waals surface area contributed by atoms with Crippen molar-refractivity contribution in [2.45, 2.75) is 32.7 Å². The first-order valence-corrected chi connectivity index (χ1v) is 4.17. The fourth-order valence-electron chi connectivity index (χ4n) is 0.422. The van der Waals surface area contributed by atoms with E-state index in [-0.39, 0.29) is 6.04 Å². The zero-order valence-electron chi connectivity index (χ0n) is 8.29. The van der Waals surface area contributed by atoms with Gasteiger partial charge in [0.25, 0.3) is 0 Å². The van der Waals surface area contributed by atoms with Gasteiger partial charge in [0.05, 0.1) is 6.04 Å². The van der Waals surface area contributed by atoms with Crippen molar-refractivity contribution in [3.8, 4) is 0 Å². The van der Waals surface area contributed by atoms with Crippen molar-refractivity contribution in [3.05, 3.63) is 0 Å². The average Bonchev–Trinajstić information content (AvgIpc) is 2.20. The molecule has 0 fully saturated rings. The van der Waals surface area contributed by atoms with Crippen LogP contribution in [0.25, 0.3) is 0 Å². The summed E-state index contributed by atoms with van der Waals surface area (Å²) in [4.78, 5) is 9.84. The van der Waals surface area contributed by atoms with E-state index in [2.05, 4.69) is 0 Å². The molecule has 5 N–H and O–H groups in total. The van der Waals surface area contributed by atoms with Crippen LogP contribution in [0, 0.1) is 0 Å². The maximum absolute atomic E-state index is 9.84. The molecule has 0 saturated carbocycles. The second kappa shape index (κ2) is 22.4. The topological polar surface area (TPSA) is 89.3 Å². The van der Waals surface area contributed by atoms with Gasteiger partial charge >= 0.3 is 0 Å². The van der Waals surface area contributed by atoms with E-state index in [9.17, 15) is 4.79 Å². The molecule has 0 aromatic carbocycles. The van der Waals surface area contributed by atoms with Crippen LogP contribution in [0.3, 0.4) is 0 Å². The molecule has 12 heavy (non-hydrogen) atoms. The summed E-state index contributed by atoms with van der Waals surface area (Å²) in [5, 5.41) is 7.00. The summed E-state index contributed by atoms with van der Waals surface area (Å²) in [6.07, 6.45) is 2.29. The predicted octanol–water partition coefficient (Wildman–Crippen LogP) is -0.114. The predicted molar refractivity (Wildman–Crippen MR) is 51.8 cm³/mol. The smallest absolute Gasteiger partial charge is 0.136 e. The number of carbonyl (C=O) groups excluding carboxylic acids is 1. The van der Waals surface area contributed by atoms with Gasteiger partial charge in [-0.2, -0.15) is 0 Å². The summed E-state index contributed by atoms with van der Waals surface area (Å²) < 4.78 is 0. The maximum atomic E-state index is 9.84. The third kappa shape index (κ3) is 22.7. The molecule has 0 aliphatic rings. The molecule has 0 aromatic rings. The summed E-state index contributed by atoms with van der Waals surface area (Å²) in [6.45, 7) is 4.61. The lowest BCUT2D eigenvalue weighted by atomic mass is 10.2. The largest absolute Gasteiger partial charge is 0.400 e. The van der Waals surface area contributed by atoms with E-state index < -0.39 is 0 Å². The fraction of sp³-hybridized carbons (Fsp3) is 0.875. The molecule has 0 aromatic heterocycles. The highest BCUT2D eigenvalue weighted by Gasteiger charge is 1.95. The molecule has 0 heterocycles. The van der Waals surface area contributed by atoms with Crippen LogP contribution < -0.4 is 11.5 Å². The van der Waals surface area contributed by atoms with Gasteiger partial charge in [-0.15, -0.1) is 0 Å². The van der Waals surface area contributed by atoms with Crippen LogP contribution in [-0.4, -0.2) is 31.1 Å². The van der Waals surface area contributed by atoms with Crippen LogP contribution in [0.15, 0.2) is 0 Å². The van der Waals surface area contributed by atoms with E-state index in [0.29, 0.717) is 13.0 Å². The number of nitrogens with two attached hydrogens (primary N) is 2. The first-order chi connectivity index (χ1) is 5.81. The fourth-order valence-corrected chi connectivity index (χ4v) is 0.422. The number of aliphatic hydroxyl groups is 1. The Morgan fingerprint density at radius 2 is 1.83 bits per heavy atom. The molecule has 4 nitrogen and oxygen atoms in total. The van der Waals surface area contributed by atoms with Crippen molar-refractivity contribution in [1.82, 2.24) is 0 Å². The van der Waals surface area contributed by atoms with Crippen LogP contribution in [0.4, 0.5) is 0 Å². The normalized spacial score (nSPS) is 9.83. The Kier molecular flexibility index (Phi) is 32.9. The number of aliphatic hydroxyl groups excluding tert-OH is 1. The van der Waals surface area contributed by atoms with Gasteiger partial charge < -0.3 is 21.4 Å². The lowest BCUT2D eigenvalue weighted by Gasteiger charge is -1.98. The van der Waals surface area contributed by atoms with Gasteiger partial charge in [-0.05, 0) is 19.4 Å². The van der Waals surface area contributed by atoms with Gasteiger partial charge in [0, 0.05) is 7.11 Å². The third-order valence-corrected chi connectivity index (χ3v) is 0.916. The molecule has 4 heteroatoms. The molecule has 0 aliphatic carbocycles. The molecular formula is C8H22N2O2. The Bertz CT molecular complexity index is 70.1. The van der Waals surface area contributed by atoms with Gasteiger partial charge in [0.15, 0.2) is 0 Å². The highest BCUT2D eigenvalue weighted by Crippen LogP contribution is 1.87. The van der Waals surface area contributed by atoms with Crippen LogP contribution in [0.5, 0.6) is 0 Å². The van der Waals surface area contributed by atoms with E-state index in [1.54, 1.807) is 0 Å². The van der Waals surface area contributed by atoms with Gasteiger partial charge in [-0.3, -0.25) is 0 Å². The molecular weight excluding hydrogens is 156 g/mol. The molecule has 1 atom stereocenters. The minimum absolute atomic E-state index is 0.307. The lowest BCUT2D eigenvalue weighted by molar-refractivity contribution is -0.109. The highest BCUT2D eigenvalue weighted by molar-refractivity contribution is 5.56. The van der Waals surface area contributed by atoms with Crippen molar-refractivity contribution in [2.75, 3.05) is 13.7 Å². The van der Waals surface area contributed by atoms with Gasteiger partial charge in [-0.25, -0.2) is 0 Å². The highest BCUT2D eigenvalue weighted by atomic mass is 16.2. The molecule has 0 spiro atoms. The number of hydrogen-bond acceptors (Lipinski definition) is 4. The summed E-state index contributed by atoms with van der Waals surface area (Å²) >= 11 is 0. The van der Waals surface area contributed by atoms with Crippen LogP contribution in [0.1, 0.15) is 26.7 Å². The molecule has 0 saturated heterocycles. The molecule has 0 rings (SSSR count). The summed E-state index contributed by atoms with van der Waals surface area (Å²) in [6, 6.07) is -0.307. The lowest BCUT2D eigenvalue weighted by Crippen LogP contribution is -2.22. The van der Waals surface area contributed by atoms with E-state index in [1.165, 1.54) is 0 Å². The van der Waals surface area contributed by atoms with Crippen LogP contribution in [0.2, 0.25) is 0 Å². The minimum atomic E-state index is -0.307. The van der Waals surface area contributed by atoms with Gasteiger partial charge in [0.1, 0.15) is 6.29 Å². The molecule has 0 radical (unpaired) electrons. The molecule has 0 bridgehead atoms. The molecule has 76 valence electrons. The van der Waals surface area contributed by atoms with Gasteiger partial charge in [0.2, 0.25) is 0 Å². The summed E-state index contributed by atoms with van der Waals surface area (Å²) in [7, 11) is 1.00. The maximum Gasteiger partial charge on any atom is 0.136 e. The second-order valence-corrected chi connectivity index (χ2v) is 1.73. The van der Waals surface area contributed by atoms with Crippen molar-refractivity contribution in [1.29, 1.82) is 0 Å². The minimum Gasteiger partial charge on any atom is -0.400 e. The SMILES string of the molecule is CC.CO.NCCCC(N)C=O. The molecule has 0 amide bonds. The summed E-state index contributed by atoms with van der Waals surface area (Å²) in [5.41, 5.74) is 10.4. The van der Waals surface area contributed by atoms with E-state index in [1.807, 2.05) is 13.8 Å². The van der Waals surface area contributed by atoms with E-state index in [4.69, 9.17) is 16.6 Å². The standard InChI is InChI=1S/C5H12N2O.C2H6.CH4O/c6-3-1-2-5(7)4-8;2*1-2/h4-5H,1-3,6-7H2;1-2H3;2H,1H3. The first-order valence-electron chi connectivity index (χ1n) is 4.17. The van der Waals surface area contributed by atoms with Crippen molar-refractivity contribution >= 4 is 6.29 Å². The third-order valence-electron chi connectivity index (χ3n) is 0.916. The van der Waals surface area contributed by atoms with Crippen LogP contribution >= 0.6 is 0 Å². The number of rotatable bonds is 4. The summed E-state index contributed by atoms with van der Waals surface area (Å²) in [5.74, 6) is 0. The molecule has 0 aliphatic heterocycles. The second-order valence-electron chi connectivity index (χ2n) is 1.73. The van der Waals surface area contributed by atoms with Crippen molar-refractivity contribution < 1.29 is 9.90 Å². The number of carbonyl (C=O) groups is 1. The molecule has 1 unspecified atom stereocenters. The monoisotopic (exact) mass is 178 g/mol. The van der Waals surface area contributed by atoms with Crippen molar-refractivity contribution in [3.63, 3.8) is 0 Å². The quantitative estimate of drug-likeness (QED) is 0.524. The number of hydrogen-bond donors (Lipinski definition) is 3. The first kappa shape index (κ1) is 17.6. The van der Waals surface area contributed by atoms with E-state index in [0.717, 1.165) is 19.8 Å². The Morgan fingerprint density at radius 3 is 2.08 bits per heavy atom. The van der Waals surface area contributed by atoms with Crippen molar-refractivity contribution in [2.24, 2.45) is 11.5 Å². The Hall–Kier alpha value is -0.450. The average molecular weight is 178 g/mol. The Morgan fingerprint density at radius 1 is 1.42 bits per heavy atom. The Labute approximate surface area is 74.9 Å². The van der Waals surface area contributed by atoms with Crippen LogP contribution in [-0.2, 0) is 4.79 Å². The number of aldehydes is 1. The van der Waals surface area contributed by atoms with E-state index >= 15 is 0 Å². The Balaban J connectivity index is -0.000000175. The zero-order chi connectivity index (χ0) is 10.4. The zero-order valence-corrected chi connectivity index (χ0v) is 8.29.